The molecular formula is C13H16N4O. The van der Waals surface area contributed by atoms with Gasteiger partial charge in [0, 0.05) is 6.54 Å². The lowest BCUT2D eigenvalue weighted by Gasteiger charge is -2.07. The second-order valence-electron chi connectivity index (χ2n) is 3.77. The first-order valence-electron chi connectivity index (χ1n) is 5.84. The summed E-state index contributed by atoms with van der Waals surface area (Å²) in [5, 5.41) is 3.15. The second-order valence-corrected chi connectivity index (χ2v) is 3.77. The van der Waals surface area contributed by atoms with Gasteiger partial charge < -0.3 is 15.8 Å². The molecule has 94 valence electrons. The summed E-state index contributed by atoms with van der Waals surface area (Å²) >= 11 is 0. The average molecular weight is 244 g/mol. The third-order valence-electron chi connectivity index (χ3n) is 2.31. The van der Waals surface area contributed by atoms with E-state index in [0.29, 0.717) is 12.4 Å². The van der Waals surface area contributed by atoms with Crippen molar-refractivity contribution in [1.29, 1.82) is 0 Å². The van der Waals surface area contributed by atoms with Gasteiger partial charge in [-0.15, -0.1) is 0 Å². The summed E-state index contributed by atoms with van der Waals surface area (Å²) in [5.41, 5.74) is 5.45. The molecule has 5 heteroatoms. The fourth-order valence-corrected chi connectivity index (χ4v) is 1.42. The van der Waals surface area contributed by atoms with Crippen LogP contribution in [0.3, 0.4) is 0 Å². The Morgan fingerprint density at radius 3 is 2.67 bits per heavy atom. The minimum Gasteiger partial charge on any atom is -0.494 e. The molecule has 0 spiro atoms. The monoisotopic (exact) mass is 244 g/mol. The quantitative estimate of drug-likeness (QED) is 0.760. The van der Waals surface area contributed by atoms with Gasteiger partial charge in [-0.3, -0.25) is 0 Å². The van der Waals surface area contributed by atoms with Crippen LogP contribution in [-0.4, -0.2) is 23.1 Å². The molecule has 0 radical (unpaired) electrons. The number of nitrogens with one attached hydrogen (secondary N) is 1. The molecule has 0 fully saturated rings. The van der Waals surface area contributed by atoms with Crippen LogP contribution in [0.15, 0.2) is 42.7 Å². The number of hydrogen-bond donors (Lipinski definition) is 2. The number of benzene rings is 1. The highest BCUT2D eigenvalue weighted by Crippen LogP contribution is 2.08. The molecule has 0 amide bonds. The number of nitrogens with two attached hydrogens (primary N) is 1. The summed E-state index contributed by atoms with van der Waals surface area (Å²) in [7, 11) is 0. The number of ether oxygens (including phenoxy) is 1. The molecule has 2 aromatic rings. The standard InChI is InChI=1S/C13H16N4O/c14-12-9-17-13(10-16-12)15-7-4-8-18-11-5-2-1-3-6-11/h1-3,5-6,9-10H,4,7-8H2,(H2,14,16)(H,15,17). The van der Waals surface area contributed by atoms with E-state index in [2.05, 4.69) is 15.3 Å². The maximum atomic E-state index is 5.57. The van der Waals surface area contributed by atoms with E-state index in [0.717, 1.165) is 24.5 Å². The minimum atomic E-state index is 0.424. The maximum absolute atomic E-state index is 5.57. The molecule has 1 heterocycles. The summed E-state index contributed by atoms with van der Waals surface area (Å²) in [5.74, 6) is 2.04. The molecule has 0 saturated carbocycles. The molecule has 0 aliphatic carbocycles. The van der Waals surface area contributed by atoms with Gasteiger partial charge >= 0.3 is 0 Å². The number of rotatable bonds is 6. The lowest BCUT2D eigenvalue weighted by molar-refractivity contribution is 0.315. The molecule has 5 nitrogen and oxygen atoms in total. The van der Waals surface area contributed by atoms with Crippen molar-refractivity contribution in [2.75, 3.05) is 24.2 Å². The molecule has 18 heavy (non-hydrogen) atoms. The van der Waals surface area contributed by atoms with Gasteiger partial charge in [-0.05, 0) is 18.6 Å². The second kappa shape index (κ2) is 6.44. The SMILES string of the molecule is Nc1cnc(NCCCOc2ccccc2)cn1. The lowest BCUT2D eigenvalue weighted by atomic mass is 10.3. The van der Waals surface area contributed by atoms with Crippen LogP contribution in [0.2, 0.25) is 0 Å². The van der Waals surface area contributed by atoms with Crippen molar-refractivity contribution in [2.45, 2.75) is 6.42 Å². The zero-order valence-electron chi connectivity index (χ0n) is 10.0. The summed E-state index contributed by atoms with van der Waals surface area (Å²) in [6, 6.07) is 9.76. The Labute approximate surface area is 106 Å². The van der Waals surface area contributed by atoms with Gasteiger partial charge in [0.2, 0.25) is 0 Å². The van der Waals surface area contributed by atoms with Crippen molar-refractivity contribution in [2.24, 2.45) is 0 Å². The highest BCUT2D eigenvalue weighted by molar-refractivity contribution is 5.35. The number of nitrogens with zero attached hydrogens (tertiary/aromatic N) is 2. The van der Waals surface area contributed by atoms with E-state index in [1.54, 1.807) is 6.20 Å². The van der Waals surface area contributed by atoms with Crippen molar-refractivity contribution in [3.63, 3.8) is 0 Å². The van der Waals surface area contributed by atoms with Crippen molar-refractivity contribution in [1.82, 2.24) is 9.97 Å². The van der Waals surface area contributed by atoms with Gasteiger partial charge in [-0.25, -0.2) is 9.97 Å². The van der Waals surface area contributed by atoms with E-state index in [9.17, 15) is 0 Å². The molecule has 0 aliphatic rings. The molecule has 0 bridgehead atoms. The average Bonchev–Trinajstić information content (AvgIpc) is 2.42. The molecule has 0 unspecified atom stereocenters. The van der Waals surface area contributed by atoms with Crippen LogP contribution in [0.5, 0.6) is 5.75 Å². The molecule has 1 aromatic carbocycles. The Kier molecular flexibility index (Phi) is 4.35. The van der Waals surface area contributed by atoms with Crippen LogP contribution in [0, 0.1) is 0 Å². The van der Waals surface area contributed by atoms with Gasteiger partial charge in [0.15, 0.2) is 0 Å². The molecule has 0 atom stereocenters. The van der Waals surface area contributed by atoms with E-state index in [1.807, 2.05) is 30.3 Å². The van der Waals surface area contributed by atoms with E-state index in [1.165, 1.54) is 6.20 Å². The normalized spacial score (nSPS) is 10.0. The molecule has 2 rings (SSSR count). The highest BCUT2D eigenvalue weighted by Gasteiger charge is 1.95. The fraction of sp³-hybridized carbons (Fsp3) is 0.231. The Hall–Kier alpha value is -2.30. The van der Waals surface area contributed by atoms with Gasteiger partial charge in [-0.2, -0.15) is 0 Å². The molecular weight excluding hydrogens is 228 g/mol. The summed E-state index contributed by atoms with van der Waals surface area (Å²) < 4.78 is 5.57. The zero-order chi connectivity index (χ0) is 12.6. The Morgan fingerprint density at radius 2 is 1.94 bits per heavy atom. The topological polar surface area (TPSA) is 73.1 Å². The third-order valence-corrected chi connectivity index (χ3v) is 2.31. The number of para-hydroxylation sites is 1. The summed E-state index contributed by atoms with van der Waals surface area (Å²) in [6.07, 6.45) is 4.04. The van der Waals surface area contributed by atoms with Crippen LogP contribution >= 0.6 is 0 Å². The van der Waals surface area contributed by atoms with E-state index in [-0.39, 0.29) is 0 Å². The maximum Gasteiger partial charge on any atom is 0.144 e. The first-order chi connectivity index (χ1) is 8.84. The van der Waals surface area contributed by atoms with E-state index < -0.39 is 0 Å². The van der Waals surface area contributed by atoms with Crippen molar-refractivity contribution >= 4 is 11.6 Å². The first kappa shape index (κ1) is 12.2. The number of nitrogen functional groups attached to an aromatic ring is 1. The first-order valence-corrected chi connectivity index (χ1v) is 5.84. The third kappa shape index (κ3) is 3.93. The van der Waals surface area contributed by atoms with Gasteiger partial charge in [0.1, 0.15) is 17.4 Å². The number of hydrogen-bond acceptors (Lipinski definition) is 5. The van der Waals surface area contributed by atoms with Crippen LogP contribution < -0.4 is 15.8 Å². The van der Waals surface area contributed by atoms with Crippen LogP contribution in [-0.2, 0) is 0 Å². The lowest BCUT2D eigenvalue weighted by Crippen LogP contribution is -2.08. The Morgan fingerprint density at radius 1 is 1.11 bits per heavy atom. The van der Waals surface area contributed by atoms with Crippen LogP contribution in [0.1, 0.15) is 6.42 Å². The highest BCUT2D eigenvalue weighted by atomic mass is 16.5. The Bertz CT molecular complexity index is 458. The van der Waals surface area contributed by atoms with Crippen molar-refractivity contribution in [3.05, 3.63) is 42.7 Å². The number of aromatic nitrogens is 2. The zero-order valence-corrected chi connectivity index (χ0v) is 10.0. The Balaban J connectivity index is 1.63. The molecule has 0 saturated heterocycles. The van der Waals surface area contributed by atoms with Crippen molar-refractivity contribution < 1.29 is 4.74 Å². The summed E-state index contributed by atoms with van der Waals surface area (Å²) in [4.78, 5) is 8.04. The summed E-state index contributed by atoms with van der Waals surface area (Å²) in [6.45, 7) is 1.45. The van der Waals surface area contributed by atoms with Gasteiger partial charge in [0.05, 0.1) is 19.0 Å². The predicted molar refractivity (Wildman–Crippen MR) is 71.5 cm³/mol. The fourth-order valence-electron chi connectivity index (χ4n) is 1.42. The number of anilines is 2. The minimum absolute atomic E-state index is 0.424. The van der Waals surface area contributed by atoms with Crippen LogP contribution in [0.4, 0.5) is 11.6 Å². The molecule has 0 aliphatic heterocycles. The molecule has 3 N–H and O–H groups in total. The largest absolute Gasteiger partial charge is 0.494 e. The van der Waals surface area contributed by atoms with Crippen LogP contribution in [0.25, 0.3) is 0 Å². The molecule has 1 aromatic heterocycles. The predicted octanol–water partition coefficient (Wildman–Crippen LogP) is 1.94. The van der Waals surface area contributed by atoms with Crippen molar-refractivity contribution in [3.8, 4) is 5.75 Å². The van der Waals surface area contributed by atoms with E-state index >= 15 is 0 Å². The van der Waals surface area contributed by atoms with E-state index in [4.69, 9.17) is 10.5 Å². The van der Waals surface area contributed by atoms with Gasteiger partial charge in [-0.1, -0.05) is 18.2 Å². The smallest absolute Gasteiger partial charge is 0.144 e. The van der Waals surface area contributed by atoms with Gasteiger partial charge in [0.25, 0.3) is 0 Å².